The van der Waals surface area contributed by atoms with Crippen LogP contribution in [0.4, 0.5) is 0 Å². The second-order valence-electron chi connectivity index (χ2n) is 3.36. The minimum absolute atomic E-state index is 0.375. The van der Waals surface area contributed by atoms with Crippen molar-refractivity contribution in [2.75, 3.05) is 14.2 Å². The first-order valence-corrected chi connectivity index (χ1v) is 5.76. The number of ketones is 1. The third kappa shape index (κ3) is 3.16. The number of methoxy groups -OCH3 is 2. The molecule has 0 aliphatic heterocycles. The summed E-state index contributed by atoms with van der Waals surface area (Å²) in [5.74, 6) is -4.12. The summed E-state index contributed by atoms with van der Waals surface area (Å²) in [5.41, 5.74) is 0.375. The van der Waals surface area contributed by atoms with Crippen molar-refractivity contribution in [3.63, 3.8) is 0 Å². The van der Waals surface area contributed by atoms with Crippen LogP contribution in [0.1, 0.15) is 11.5 Å². The third-order valence-electron chi connectivity index (χ3n) is 2.29. The molecule has 0 bridgehead atoms. The fraction of sp³-hybridized carbons (Fsp3) is 0.250. The Labute approximate surface area is 112 Å². The molecule has 0 saturated carbocycles. The third-order valence-corrected chi connectivity index (χ3v) is 2.82. The number of carbonyl (C=O) groups is 3. The number of ether oxygens (including phenoxy) is 2. The molecular weight excluding hydrogens is 304 g/mol. The van der Waals surface area contributed by atoms with Crippen molar-refractivity contribution in [1.82, 2.24) is 0 Å². The first-order chi connectivity index (χ1) is 8.51. The van der Waals surface area contributed by atoms with Gasteiger partial charge < -0.3 is 9.47 Å². The molecule has 0 aromatic heterocycles. The molecule has 0 heterocycles. The van der Waals surface area contributed by atoms with E-state index in [4.69, 9.17) is 0 Å². The molecule has 1 rings (SSSR count). The molecule has 96 valence electrons. The van der Waals surface area contributed by atoms with E-state index in [1.54, 1.807) is 24.3 Å². The summed E-state index contributed by atoms with van der Waals surface area (Å²) < 4.78 is 9.65. The molecule has 0 aliphatic rings. The summed E-state index contributed by atoms with van der Waals surface area (Å²) in [7, 11) is 2.23. The summed E-state index contributed by atoms with van der Waals surface area (Å²) in [6.07, 6.45) is 0. The zero-order chi connectivity index (χ0) is 13.7. The van der Waals surface area contributed by atoms with E-state index in [0.717, 1.165) is 18.7 Å². The lowest BCUT2D eigenvalue weighted by molar-refractivity contribution is -0.157. The average Bonchev–Trinajstić information content (AvgIpc) is 2.39. The topological polar surface area (TPSA) is 69.7 Å². The van der Waals surface area contributed by atoms with Crippen LogP contribution in [0.2, 0.25) is 0 Å². The lowest BCUT2D eigenvalue weighted by Gasteiger charge is -2.12. The molecule has 1 atom stereocenters. The Morgan fingerprint density at radius 3 is 2.06 bits per heavy atom. The van der Waals surface area contributed by atoms with E-state index in [0.29, 0.717) is 5.56 Å². The highest BCUT2D eigenvalue weighted by molar-refractivity contribution is 9.10. The monoisotopic (exact) mass is 314 g/mol. The van der Waals surface area contributed by atoms with Crippen molar-refractivity contribution in [1.29, 1.82) is 0 Å². The lowest BCUT2D eigenvalue weighted by Crippen LogP contribution is -2.30. The van der Waals surface area contributed by atoms with Gasteiger partial charge in [0, 0.05) is 4.47 Å². The van der Waals surface area contributed by atoms with Crippen LogP contribution in [0.25, 0.3) is 0 Å². The second kappa shape index (κ2) is 6.30. The van der Waals surface area contributed by atoms with Gasteiger partial charge in [-0.1, -0.05) is 28.1 Å². The fourth-order valence-corrected chi connectivity index (χ4v) is 1.65. The zero-order valence-corrected chi connectivity index (χ0v) is 11.4. The van der Waals surface area contributed by atoms with Crippen molar-refractivity contribution in [3.05, 3.63) is 34.3 Å². The average molecular weight is 315 g/mol. The van der Waals surface area contributed by atoms with E-state index in [2.05, 4.69) is 25.4 Å². The highest BCUT2D eigenvalue weighted by Crippen LogP contribution is 2.21. The van der Waals surface area contributed by atoms with Crippen LogP contribution in [-0.2, 0) is 23.9 Å². The molecule has 0 radical (unpaired) electrons. The van der Waals surface area contributed by atoms with Crippen LogP contribution in [0.15, 0.2) is 28.7 Å². The highest BCUT2D eigenvalue weighted by atomic mass is 79.9. The van der Waals surface area contributed by atoms with Crippen LogP contribution in [0.5, 0.6) is 0 Å². The molecule has 1 aromatic rings. The largest absolute Gasteiger partial charge is 0.468 e. The minimum Gasteiger partial charge on any atom is -0.468 e. The molecule has 5 nitrogen and oxygen atoms in total. The van der Waals surface area contributed by atoms with E-state index >= 15 is 0 Å². The van der Waals surface area contributed by atoms with E-state index in [-0.39, 0.29) is 0 Å². The van der Waals surface area contributed by atoms with Crippen LogP contribution in [0, 0.1) is 0 Å². The molecule has 0 unspecified atom stereocenters. The molecule has 6 heteroatoms. The van der Waals surface area contributed by atoms with Crippen molar-refractivity contribution >= 4 is 33.7 Å². The summed E-state index contributed by atoms with van der Waals surface area (Å²) in [4.78, 5) is 34.6. The smallest absolute Gasteiger partial charge is 0.375 e. The van der Waals surface area contributed by atoms with Gasteiger partial charge in [-0.25, -0.2) is 4.79 Å². The Bertz CT molecular complexity index is 466. The zero-order valence-electron chi connectivity index (χ0n) is 9.81. The van der Waals surface area contributed by atoms with Gasteiger partial charge in [0.2, 0.25) is 0 Å². The number of rotatable bonds is 4. The Balaban J connectivity index is 3.13. The van der Waals surface area contributed by atoms with Crippen LogP contribution in [-0.4, -0.2) is 31.9 Å². The van der Waals surface area contributed by atoms with E-state index in [9.17, 15) is 14.4 Å². The van der Waals surface area contributed by atoms with Gasteiger partial charge >= 0.3 is 11.9 Å². The van der Waals surface area contributed by atoms with E-state index in [1.165, 1.54) is 0 Å². The van der Waals surface area contributed by atoms with Gasteiger partial charge in [-0.05, 0) is 17.7 Å². The number of Topliss-reactive ketones (excluding diaryl/α,β-unsaturated/α-hetero) is 1. The molecule has 0 fully saturated rings. The van der Waals surface area contributed by atoms with Crippen LogP contribution in [0.3, 0.4) is 0 Å². The van der Waals surface area contributed by atoms with Crippen molar-refractivity contribution in [2.45, 2.75) is 5.92 Å². The normalized spacial score (nSPS) is 11.5. The van der Waals surface area contributed by atoms with Gasteiger partial charge in [0.1, 0.15) is 0 Å². The van der Waals surface area contributed by atoms with Crippen LogP contribution >= 0.6 is 15.9 Å². The van der Waals surface area contributed by atoms with Crippen molar-refractivity contribution in [2.24, 2.45) is 0 Å². The van der Waals surface area contributed by atoms with Gasteiger partial charge in [-0.15, -0.1) is 0 Å². The van der Waals surface area contributed by atoms with Crippen LogP contribution < -0.4 is 0 Å². The molecule has 18 heavy (non-hydrogen) atoms. The van der Waals surface area contributed by atoms with Gasteiger partial charge in [0.05, 0.1) is 14.2 Å². The molecule has 0 saturated heterocycles. The Hall–Kier alpha value is -1.69. The first kappa shape index (κ1) is 14.4. The maximum atomic E-state index is 11.8. The number of benzene rings is 1. The quantitative estimate of drug-likeness (QED) is 0.478. The summed E-state index contributed by atoms with van der Waals surface area (Å²) >= 11 is 3.24. The highest BCUT2D eigenvalue weighted by Gasteiger charge is 2.34. The first-order valence-electron chi connectivity index (χ1n) is 4.96. The molecule has 0 spiro atoms. The lowest BCUT2D eigenvalue weighted by atomic mass is 9.95. The number of carbonyl (C=O) groups excluding carboxylic acids is 3. The Morgan fingerprint density at radius 1 is 1.06 bits per heavy atom. The van der Waals surface area contributed by atoms with E-state index in [1.807, 2.05) is 0 Å². The Kier molecular flexibility index (Phi) is 5.03. The number of esters is 2. The fourth-order valence-electron chi connectivity index (χ4n) is 1.39. The number of halogens is 1. The van der Waals surface area contributed by atoms with E-state index < -0.39 is 23.6 Å². The number of hydrogen-bond donors (Lipinski definition) is 0. The van der Waals surface area contributed by atoms with Gasteiger partial charge in [0.25, 0.3) is 5.78 Å². The molecule has 1 aromatic carbocycles. The summed E-state index contributed by atoms with van der Waals surface area (Å²) in [6, 6.07) is 6.45. The van der Waals surface area contributed by atoms with Gasteiger partial charge in [-0.3, -0.25) is 9.59 Å². The van der Waals surface area contributed by atoms with Gasteiger partial charge in [-0.2, -0.15) is 0 Å². The predicted molar refractivity (Wildman–Crippen MR) is 65.9 cm³/mol. The molecule has 0 N–H and O–H groups in total. The summed E-state index contributed by atoms with van der Waals surface area (Å²) in [6.45, 7) is 0. The molecule has 0 amide bonds. The predicted octanol–water partition coefficient (Wildman–Crippen LogP) is 1.45. The van der Waals surface area contributed by atoms with Crippen molar-refractivity contribution in [3.8, 4) is 0 Å². The number of hydrogen-bond acceptors (Lipinski definition) is 5. The van der Waals surface area contributed by atoms with Crippen molar-refractivity contribution < 1.29 is 23.9 Å². The summed E-state index contributed by atoms with van der Waals surface area (Å²) in [5, 5.41) is 0. The molecule has 0 aliphatic carbocycles. The maximum Gasteiger partial charge on any atom is 0.375 e. The second-order valence-corrected chi connectivity index (χ2v) is 4.28. The van der Waals surface area contributed by atoms with Gasteiger partial charge in [0.15, 0.2) is 5.92 Å². The minimum atomic E-state index is -1.30. The maximum absolute atomic E-state index is 11.8. The SMILES string of the molecule is COC(=O)C(=O)[C@@H](C(=O)OC)c1ccc(Br)cc1. The Morgan fingerprint density at radius 2 is 1.61 bits per heavy atom. The molecular formula is C12H11BrO5. The standard InChI is InChI=1S/C12H11BrO5/c1-17-11(15)9(10(14)12(16)18-2)7-3-5-8(13)6-4-7/h3-6,9H,1-2H3/t9-/m0/s1.